The number of aromatic amines is 1. The zero-order valence-electron chi connectivity index (χ0n) is 15.3. The van der Waals surface area contributed by atoms with Crippen LogP contribution in [0, 0.1) is 0 Å². The molecule has 1 aliphatic heterocycles. The second-order valence-corrected chi connectivity index (χ2v) is 8.55. The molecule has 142 valence electrons. The second-order valence-electron chi connectivity index (χ2n) is 7.25. The number of thioether (sulfide) groups is 1. The van der Waals surface area contributed by atoms with Crippen molar-refractivity contribution >= 4 is 28.6 Å². The van der Waals surface area contributed by atoms with Crippen LogP contribution in [-0.4, -0.2) is 25.9 Å². The first-order valence-corrected chi connectivity index (χ1v) is 10.3. The zero-order chi connectivity index (χ0) is 19.0. The molecule has 2 heterocycles. The lowest BCUT2D eigenvalue weighted by atomic mass is 10.0. The van der Waals surface area contributed by atoms with E-state index in [4.69, 9.17) is 10.1 Å². The number of aliphatic imine (C=N–C) groups is 1. The predicted molar refractivity (Wildman–Crippen MR) is 107 cm³/mol. The van der Waals surface area contributed by atoms with E-state index in [2.05, 4.69) is 5.10 Å². The summed E-state index contributed by atoms with van der Waals surface area (Å²) in [6.45, 7) is 1.96. The highest BCUT2D eigenvalue weighted by molar-refractivity contribution is 8.14. The molecule has 4 rings (SSSR count). The highest BCUT2D eigenvalue weighted by Crippen LogP contribution is 2.45. The molecule has 0 unspecified atom stereocenters. The van der Waals surface area contributed by atoms with Crippen LogP contribution < -0.4 is 5.56 Å². The number of carboxylic acid groups (broad SMARTS) is 1. The molecular formula is C20H23N3O3S. The van der Waals surface area contributed by atoms with E-state index in [1.54, 1.807) is 36.0 Å². The standard InChI is InChI=1S/C20H23N3O3S/c1-12-21-18-16(17(27-12)13-8-10-14(11-9-13)20(25)26)19(24)22-23(18)15-6-4-2-3-5-7-15/h8-11,15,17H,2-7H2,1H3,(H,22,24)(H,25,26)/t17-/m0/s1. The number of hydrogen-bond acceptors (Lipinski definition) is 4. The Hall–Kier alpha value is -2.28. The smallest absolute Gasteiger partial charge is 0.335 e. The first kappa shape index (κ1) is 18.1. The van der Waals surface area contributed by atoms with Crippen molar-refractivity contribution < 1.29 is 9.90 Å². The molecule has 1 aromatic heterocycles. The van der Waals surface area contributed by atoms with Gasteiger partial charge in [0.25, 0.3) is 5.56 Å². The third kappa shape index (κ3) is 3.48. The van der Waals surface area contributed by atoms with E-state index in [0.717, 1.165) is 29.3 Å². The summed E-state index contributed by atoms with van der Waals surface area (Å²) >= 11 is 1.54. The topological polar surface area (TPSA) is 87.5 Å². The lowest BCUT2D eigenvalue weighted by Crippen LogP contribution is -2.14. The van der Waals surface area contributed by atoms with Crippen LogP contribution in [0.2, 0.25) is 0 Å². The highest BCUT2D eigenvalue weighted by atomic mass is 32.2. The van der Waals surface area contributed by atoms with Gasteiger partial charge in [-0.15, -0.1) is 0 Å². The number of nitrogens with zero attached hydrogens (tertiary/aromatic N) is 2. The molecule has 2 aliphatic rings. The Morgan fingerprint density at radius 3 is 2.48 bits per heavy atom. The Labute approximate surface area is 161 Å². The minimum absolute atomic E-state index is 0.0923. The third-order valence-electron chi connectivity index (χ3n) is 5.40. The largest absolute Gasteiger partial charge is 0.478 e. The SMILES string of the molecule is CC1=Nc2c(c(=O)[nH]n2C2CCCCCC2)[C@H](c2ccc(C(=O)O)cc2)S1. The quantitative estimate of drug-likeness (QED) is 0.753. The summed E-state index contributed by atoms with van der Waals surface area (Å²) in [6.07, 6.45) is 6.99. The predicted octanol–water partition coefficient (Wildman–Crippen LogP) is 4.66. The molecular weight excluding hydrogens is 362 g/mol. The minimum atomic E-state index is -0.950. The molecule has 1 aliphatic carbocycles. The van der Waals surface area contributed by atoms with Crippen molar-refractivity contribution in [3.8, 4) is 0 Å². The molecule has 0 saturated heterocycles. The number of carboxylic acids is 1. The molecule has 1 aromatic carbocycles. The number of H-pyrrole nitrogens is 1. The fourth-order valence-electron chi connectivity index (χ4n) is 4.02. The Balaban J connectivity index is 1.75. The van der Waals surface area contributed by atoms with E-state index in [1.807, 2.05) is 11.6 Å². The normalized spacial score (nSPS) is 20.6. The van der Waals surface area contributed by atoms with Crippen molar-refractivity contribution in [1.29, 1.82) is 0 Å². The summed E-state index contributed by atoms with van der Waals surface area (Å²) in [7, 11) is 0. The van der Waals surface area contributed by atoms with Crippen molar-refractivity contribution in [1.82, 2.24) is 9.78 Å². The van der Waals surface area contributed by atoms with E-state index in [-0.39, 0.29) is 16.4 Å². The number of nitrogens with one attached hydrogen (secondary N) is 1. The number of rotatable bonds is 3. The number of fused-ring (bicyclic) bond motifs is 1. The van der Waals surface area contributed by atoms with Gasteiger partial charge in [0.15, 0.2) is 5.82 Å². The van der Waals surface area contributed by atoms with Crippen molar-refractivity contribution in [2.75, 3.05) is 0 Å². The van der Waals surface area contributed by atoms with Crippen LogP contribution in [0.5, 0.6) is 0 Å². The van der Waals surface area contributed by atoms with Crippen LogP contribution >= 0.6 is 11.8 Å². The molecule has 1 fully saturated rings. The zero-order valence-corrected chi connectivity index (χ0v) is 16.1. The third-order valence-corrected chi connectivity index (χ3v) is 6.58. The second kappa shape index (κ2) is 7.38. The molecule has 1 atom stereocenters. The van der Waals surface area contributed by atoms with Gasteiger partial charge in [-0.1, -0.05) is 49.6 Å². The molecule has 0 spiro atoms. The molecule has 7 heteroatoms. The van der Waals surface area contributed by atoms with Gasteiger partial charge in [0, 0.05) is 0 Å². The molecule has 2 aromatic rings. The molecule has 27 heavy (non-hydrogen) atoms. The van der Waals surface area contributed by atoms with E-state index in [9.17, 15) is 9.59 Å². The fourth-order valence-corrected chi connectivity index (χ4v) is 5.13. The lowest BCUT2D eigenvalue weighted by Gasteiger charge is -2.23. The molecule has 0 radical (unpaired) electrons. The number of carbonyl (C=O) groups is 1. The van der Waals surface area contributed by atoms with Gasteiger partial charge in [0.05, 0.1) is 27.5 Å². The average molecular weight is 385 g/mol. The van der Waals surface area contributed by atoms with Gasteiger partial charge in [0.2, 0.25) is 0 Å². The minimum Gasteiger partial charge on any atom is -0.478 e. The molecule has 2 N–H and O–H groups in total. The van der Waals surface area contributed by atoms with E-state index < -0.39 is 5.97 Å². The lowest BCUT2D eigenvalue weighted by molar-refractivity contribution is 0.0697. The maximum Gasteiger partial charge on any atom is 0.335 e. The van der Waals surface area contributed by atoms with Crippen LogP contribution in [0.1, 0.15) is 78.2 Å². The van der Waals surface area contributed by atoms with Gasteiger partial charge in [-0.2, -0.15) is 0 Å². The van der Waals surface area contributed by atoms with Crippen LogP contribution in [0.3, 0.4) is 0 Å². The number of benzene rings is 1. The Kier molecular flexibility index (Phi) is 4.95. The van der Waals surface area contributed by atoms with E-state index in [0.29, 0.717) is 11.6 Å². The summed E-state index contributed by atoms with van der Waals surface area (Å²) < 4.78 is 1.99. The first-order chi connectivity index (χ1) is 13.0. The summed E-state index contributed by atoms with van der Waals surface area (Å²) in [5.74, 6) is -0.205. The maximum absolute atomic E-state index is 12.8. The van der Waals surface area contributed by atoms with Gasteiger partial charge >= 0.3 is 5.97 Å². The summed E-state index contributed by atoms with van der Waals surface area (Å²) in [6, 6.07) is 7.07. The van der Waals surface area contributed by atoms with Crippen molar-refractivity contribution in [2.45, 2.75) is 56.7 Å². The fraction of sp³-hybridized carbons (Fsp3) is 0.450. The van der Waals surface area contributed by atoms with Gasteiger partial charge in [-0.05, 0) is 37.5 Å². The van der Waals surface area contributed by atoms with E-state index in [1.165, 1.54) is 25.7 Å². The van der Waals surface area contributed by atoms with Crippen molar-refractivity contribution in [3.05, 3.63) is 51.3 Å². The molecule has 6 nitrogen and oxygen atoms in total. The van der Waals surface area contributed by atoms with Crippen LogP contribution in [0.4, 0.5) is 5.82 Å². The maximum atomic E-state index is 12.8. The Bertz CT molecular complexity index is 934. The molecule has 0 bridgehead atoms. The van der Waals surface area contributed by atoms with Crippen molar-refractivity contribution in [3.63, 3.8) is 0 Å². The average Bonchev–Trinajstić information content (AvgIpc) is 2.84. The van der Waals surface area contributed by atoms with Gasteiger partial charge in [-0.3, -0.25) is 14.6 Å². The summed E-state index contributed by atoms with van der Waals surface area (Å²) in [4.78, 5) is 28.7. The monoisotopic (exact) mass is 385 g/mol. The number of aromatic carboxylic acids is 1. The van der Waals surface area contributed by atoms with Gasteiger partial charge in [-0.25, -0.2) is 9.79 Å². The number of hydrogen-bond donors (Lipinski definition) is 2. The van der Waals surface area contributed by atoms with Gasteiger partial charge in [0.1, 0.15) is 0 Å². The molecule has 0 amide bonds. The molecule has 1 saturated carbocycles. The Morgan fingerprint density at radius 2 is 1.85 bits per heavy atom. The Morgan fingerprint density at radius 1 is 1.19 bits per heavy atom. The van der Waals surface area contributed by atoms with Gasteiger partial charge < -0.3 is 5.11 Å². The highest BCUT2D eigenvalue weighted by Gasteiger charge is 2.32. The van der Waals surface area contributed by atoms with E-state index >= 15 is 0 Å². The summed E-state index contributed by atoms with van der Waals surface area (Å²) in [5.41, 5.74) is 1.75. The van der Waals surface area contributed by atoms with Crippen molar-refractivity contribution in [2.24, 2.45) is 4.99 Å². The number of aromatic nitrogens is 2. The summed E-state index contributed by atoms with van der Waals surface area (Å²) in [5, 5.41) is 12.9. The van der Waals surface area contributed by atoms with Crippen LogP contribution in [-0.2, 0) is 0 Å². The van der Waals surface area contributed by atoms with Crippen LogP contribution in [0.15, 0.2) is 34.1 Å². The first-order valence-electron chi connectivity index (χ1n) is 9.44. The van der Waals surface area contributed by atoms with Crippen LogP contribution in [0.25, 0.3) is 0 Å².